The summed E-state index contributed by atoms with van der Waals surface area (Å²) in [6.07, 6.45) is 3.71. The molecule has 1 amide bonds. The number of nitrogens with one attached hydrogen (secondary N) is 2. The Labute approximate surface area is 99.8 Å². The van der Waals surface area contributed by atoms with Gasteiger partial charge in [0, 0.05) is 12.2 Å². The van der Waals surface area contributed by atoms with Crippen molar-refractivity contribution in [1.29, 1.82) is 0 Å². The quantitative estimate of drug-likeness (QED) is 0.498. The summed E-state index contributed by atoms with van der Waals surface area (Å²) in [5.41, 5.74) is 7.51. The van der Waals surface area contributed by atoms with Crippen LogP contribution in [0.3, 0.4) is 0 Å². The first-order valence-electron chi connectivity index (χ1n) is 5.13. The highest BCUT2D eigenvalue weighted by Gasteiger charge is 2.03. The Morgan fingerprint density at radius 3 is 3.00 bits per heavy atom. The van der Waals surface area contributed by atoms with Crippen LogP contribution in [0.2, 0.25) is 0 Å². The van der Waals surface area contributed by atoms with E-state index in [0.29, 0.717) is 6.54 Å². The van der Waals surface area contributed by atoms with Crippen molar-refractivity contribution in [2.45, 2.75) is 26.2 Å². The monoisotopic (exact) mass is 240 g/mol. The minimum Gasteiger partial charge on any atom is -0.393 e. The lowest BCUT2D eigenvalue weighted by atomic mass is 10.1. The van der Waals surface area contributed by atoms with Gasteiger partial charge in [-0.3, -0.25) is 9.89 Å². The zero-order chi connectivity index (χ0) is 12.0. The van der Waals surface area contributed by atoms with Crippen LogP contribution < -0.4 is 11.1 Å². The van der Waals surface area contributed by atoms with Gasteiger partial charge in [0.1, 0.15) is 0 Å². The fourth-order valence-corrected chi connectivity index (χ4v) is 1.49. The summed E-state index contributed by atoms with van der Waals surface area (Å²) in [5, 5.41) is 9.56. The Morgan fingerprint density at radius 1 is 1.69 bits per heavy atom. The van der Waals surface area contributed by atoms with Gasteiger partial charge in [0.15, 0.2) is 0 Å². The molecule has 88 valence electrons. The lowest BCUT2D eigenvalue weighted by Crippen LogP contribution is -2.28. The van der Waals surface area contributed by atoms with E-state index in [-0.39, 0.29) is 17.3 Å². The Hall–Kier alpha value is -1.43. The van der Waals surface area contributed by atoms with Gasteiger partial charge in [0.2, 0.25) is 5.91 Å². The molecule has 0 bridgehead atoms. The van der Waals surface area contributed by atoms with Gasteiger partial charge in [-0.05, 0) is 25.3 Å². The lowest BCUT2D eigenvalue weighted by molar-refractivity contribution is -0.119. The molecular weight excluding hydrogens is 224 g/mol. The van der Waals surface area contributed by atoms with E-state index in [2.05, 4.69) is 27.7 Å². The molecule has 0 unspecified atom stereocenters. The van der Waals surface area contributed by atoms with Gasteiger partial charge >= 0.3 is 0 Å². The molecule has 0 aromatic carbocycles. The summed E-state index contributed by atoms with van der Waals surface area (Å²) in [4.78, 5) is 11.4. The molecule has 1 aromatic rings. The van der Waals surface area contributed by atoms with Crippen LogP contribution in [0.15, 0.2) is 6.20 Å². The maximum atomic E-state index is 11.2. The molecule has 4 N–H and O–H groups in total. The second kappa shape index (κ2) is 6.22. The first-order valence-corrected chi connectivity index (χ1v) is 5.54. The van der Waals surface area contributed by atoms with Crippen molar-refractivity contribution in [2.24, 2.45) is 5.73 Å². The molecule has 0 saturated carbocycles. The van der Waals surface area contributed by atoms with Gasteiger partial charge in [0.25, 0.3) is 0 Å². The van der Waals surface area contributed by atoms with Crippen molar-refractivity contribution >= 4 is 23.1 Å². The number of thiocarbonyl (C=S) groups is 1. The number of H-pyrrole nitrogens is 1. The van der Waals surface area contributed by atoms with Crippen molar-refractivity contribution in [2.75, 3.05) is 6.54 Å². The Morgan fingerprint density at radius 2 is 2.44 bits per heavy atom. The number of aromatic amines is 1. The summed E-state index contributed by atoms with van der Waals surface area (Å²) < 4.78 is 0. The first kappa shape index (κ1) is 12.6. The van der Waals surface area contributed by atoms with Gasteiger partial charge in [-0.25, -0.2) is 0 Å². The van der Waals surface area contributed by atoms with E-state index in [1.807, 2.05) is 13.1 Å². The maximum absolute atomic E-state index is 11.2. The van der Waals surface area contributed by atoms with Crippen LogP contribution in [0.5, 0.6) is 0 Å². The Balaban J connectivity index is 2.15. The summed E-state index contributed by atoms with van der Waals surface area (Å²) >= 11 is 4.64. The standard InChI is InChI=1S/C10H16N4OS/c1-7-8(6-13-14-7)3-2-4-12-10(15)5-9(11)16/h6H,2-5H2,1H3,(H2,11,16)(H,12,15)(H,13,14). The molecule has 0 atom stereocenters. The third-order valence-corrected chi connectivity index (χ3v) is 2.36. The highest BCUT2D eigenvalue weighted by Crippen LogP contribution is 2.04. The van der Waals surface area contributed by atoms with Gasteiger partial charge in [-0.1, -0.05) is 12.2 Å². The van der Waals surface area contributed by atoms with Gasteiger partial charge in [0.05, 0.1) is 17.6 Å². The van der Waals surface area contributed by atoms with Crippen LogP contribution in [0.25, 0.3) is 0 Å². The first-order chi connectivity index (χ1) is 7.59. The van der Waals surface area contributed by atoms with E-state index >= 15 is 0 Å². The number of hydrogen-bond donors (Lipinski definition) is 3. The molecule has 0 spiro atoms. The zero-order valence-corrected chi connectivity index (χ0v) is 10.1. The Bertz CT molecular complexity index is 375. The summed E-state index contributed by atoms with van der Waals surface area (Å²) in [6, 6.07) is 0. The van der Waals surface area contributed by atoms with Gasteiger partial charge < -0.3 is 11.1 Å². The number of hydrogen-bond acceptors (Lipinski definition) is 3. The third-order valence-electron chi connectivity index (χ3n) is 2.21. The van der Waals surface area contributed by atoms with Gasteiger partial charge in [-0.15, -0.1) is 0 Å². The summed E-state index contributed by atoms with van der Waals surface area (Å²) in [6.45, 7) is 2.61. The number of nitrogens with two attached hydrogens (primary N) is 1. The third kappa shape index (κ3) is 4.39. The van der Waals surface area contributed by atoms with Gasteiger partial charge in [-0.2, -0.15) is 5.10 Å². The highest BCUT2D eigenvalue weighted by molar-refractivity contribution is 7.80. The van der Waals surface area contributed by atoms with E-state index in [1.165, 1.54) is 5.56 Å². The molecule has 0 saturated heterocycles. The summed E-state index contributed by atoms with van der Waals surface area (Å²) in [7, 11) is 0. The second-order valence-electron chi connectivity index (χ2n) is 3.62. The van der Waals surface area contributed by atoms with E-state index in [4.69, 9.17) is 5.73 Å². The number of amides is 1. The van der Waals surface area contributed by atoms with E-state index in [9.17, 15) is 4.79 Å². The van der Waals surface area contributed by atoms with Crippen molar-refractivity contribution in [1.82, 2.24) is 15.5 Å². The van der Waals surface area contributed by atoms with Crippen molar-refractivity contribution < 1.29 is 4.79 Å². The maximum Gasteiger partial charge on any atom is 0.226 e. The average Bonchev–Trinajstić information content (AvgIpc) is 2.58. The van der Waals surface area contributed by atoms with E-state index < -0.39 is 0 Å². The van der Waals surface area contributed by atoms with E-state index in [1.54, 1.807) is 0 Å². The SMILES string of the molecule is Cc1[nH]ncc1CCCNC(=O)CC(N)=S. The molecule has 5 nitrogen and oxygen atoms in total. The molecule has 0 radical (unpaired) electrons. The molecule has 0 aliphatic carbocycles. The summed E-state index contributed by atoms with van der Waals surface area (Å²) in [5.74, 6) is -0.114. The molecule has 1 heterocycles. The number of carbonyl (C=O) groups excluding carboxylic acids is 1. The minimum absolute atomic E-state index is 0.114. The molecular formula is C10H16N4OS. The van der Waals surface area contributed by atoms with E-state index in [0.717, 1.165) is 18.5 Å². The topological polar surface area (TPSA) is 83.8 Å². The largest absolute Gasteiger partial charge is 0.393 e. The number of aromatic nitrogens is 2. The van der Waals surface area contributed by atoms with Crippen molar-refractivity contribution in [3.63, 3.8) is 0 Å². The second-order valence-corrected chi connectivity index (χ2v) is 4.14. The molecule has 1 rings (SSSR count). The van der Waals surface area contributed by atoms with Crippen LogP contribution in [0.4, 0.5) is 0 Å². The van der Waals surface area contributed by atoms with Crippen LogP contribution in [-0.2, 0) is 11.2 Å². The average molecular weight is 240 g/mol. The molecule has 1 aromatic heterocycles. The fraction of sp³-hybridized carbons (Fsp3) is 0.500. The normalized spacial score (nSPS) is 10.1. The smallest absolute Gasteiger partial charge is 0.226 e. The number of nitrogens with zero attached hydrogens (tertiary/aromatic N) is 1. The molecule has 0 aliphatic heterocycles. The fourth-order valence-electron chi connectivity index (χ4n) is 1.36. The van der Waals surface area contributed by atoms with Crippen LogP contribution in [0.1, 0.15) is 24.1 Å². The predicted octanol–water partition coefficient (Wildman–Crippen LogP) is 0.443. The molecule has 16 heavy (non-hydrogen) atoms. The highest BCUT2D eigenvalue weighted by atomic mass is 32.1. The van der Waals surface area contributed by atoms with Crippen molar-refractivity contribution in [3.05, 3.63) is 17.5 Å². The van der Waals surface area contributed by atoms with Crippen LogP contribution in [0, 0.1) is 6.92 Å². The predicted molar refractivity (Wildman–Crippen MR) is 66.1 cm³/mol. The van der Waals surface area contributed by atoms with Crippen LogP contribution >= 0.6 is 12.2 Å². The Kier molecular flexibility index (Phi) is 4.91. The minimum atomic E-state index is -0.114. The number of rotatable bonds is 6. The zero-order valence-electron chi connectivity index (χ0n) is 9.25. The van der Waals surface area contributed by atoms with Crippen LogP contribution in [-0.4, -0.2) is 27.6 Å². The molecule has 0 fully saturated rings. The number of aryl methyl sites for hydroxylation is 2. The van der Waals surface area contributed by atoms with Crippen molar-refractivity contribution in [3.8, 4) is 0 Å². The number of carbonyl (C=O) groups is 1. The molecule has 6 heteroatoms. The molecule has 0 aliphatic rings. The lowest BCUT2D eigenvalue weighted by Gasteiger charge is -2.03.